The van der Waals surface area contributed by atoms with Crippen molar-refractivity contribution in [3.05, 3.63) is 58.4 Å². The zero-order chi connectivity index (χ0) is 28.7. The van der Waals surface area contributed by atoms with Crippen LogP contribution in [0.15, 0.2) is 36.4 Å². The van der Waals surface area contributed by atoms with Crippen LogP contribution in [0.1, 0.15) is 55.0 Å². The fourth-order valence-corrected chi connectivity index (χ4v) is 6.71. The van der Waals surface area contributed by atoms with Gasteiger partial charge in [0.1, 0.15) is 16.6 Å². The third-order valence-corrected chi connectivity index (χ3v) is 9.38. The van der Waals surface area contributed by atoms with Gasteiger partial charge >= 0.3 is 0 Å². The maximum absolute atomic E-state index is 11.9. The van der Waals surface area contributed by atoms with E-state index < -0.39 is 10.8 Å². The van der Waals surface area contributed by atoms with Crippen molar-refractivity contribution in [2.75, 3.05) is 47.2 Å². The molecule has 10 nitrogen and oxygen atoms in total. The molecule has 41 heavy (non-hydrogen) atoms. The summed E-state index contributed by atoms with van der Waals surface area (Å²) in [5.74, 6) is 5.14. The lowest BCUT2D eigenvalue weighted by Crippen LogP contribution is -2.38. The number of carbonyl (C=O) groups excluding carboxylic acids is 1. The lowest BCUT2D eigenvalue weighted by Gasteiger charge is -2.29. The fraction of sp³-hybridized carbons (Fsp3) is 0.379. The van der Waals surface area contributed by atoms with Gasteiger partial charge in [0.2, 0.25) is 6.41 Å². The van der Waals surface area contributed by atoms with E-state index in [1.54, 1.807) is 7.11 Å². The fourth-order valence-electron chi connectivity index (χ4n) is 5.40. The Bertz CT molecular complexity index is 1630. The number of carbonyl (C=O) groups is 1. The molecule has 2 aromatic carbocycles. The standard InChI is InChI=1S/C29H32ClN7O3S/c1-16(2)26-32-28(25(30)29(34-26)37-8-10-41(39)11-9-37)33-27-19-6-4-17(12-24(19)35-36-27)20-14-21(20)22-13-18(40-3)5-7-23(22)31-15-38/h4-7,12-13,15-16,20-21H,8-11,14H2,1-3H3,(H,31,38)(H2,32,33,34,35,36). The van der Waals surface area contributed by atoms with E-state index in [-0.39, 0.29) is 11.8 Å². The van der Waals surface area contributed by atoms with Crippen molar-refractivity contribution in [2.24, 2.45) is 0 Å². The van der Waals surface area contributed by atoms with Crippen LogP contribution in [0.4, 0.5) is 23.1 Å². The third-order valence-electron chi connectivity index (χ3n) is 7.76. The number of hydrogen-bond donors (Lipinski definition) is 3. The second kappa shape index (κ2) is 11.3. The lowest BCUT2D eigenvalue weighted by atomic mass is 10.0. The molecule has 1 saturated carbocycles. The number of aromatic nitrogens is 4. The molecule has 1 aliphatic carbocycles. The molecule has 3 N–H and O–H groups in total. The van der Waals surface area contributed by atoms with Crippen LogP contribution in [0.3, 0.4) is 0 Å². The minimum atomic E-state index is -0.802. The number of H-pyrrole nitrogens is 1. The highest BCUT2D eigenvalue weighted by molar-refractivity contribution is 7.85. The minimum absolute atomic E-state index is 0.0993. The molecule has 1 saturated heterocycles. The Hall–Kier alpha value is -3.70. The smallest absolute Gasteiger partial charge is 0.211 e. The number of anilines is 4. The highest BCUT2D eigenvalue weighted by atomic mass is 35.5. The summed E-state index contributed by atoms with van der Waals surface area (Å²) < 4.78 is 17.3. The number of rotatable bonds is 9. The van der Waals surface area contributed by atoms with Gasteiger partial charge in [-0.3, -0.25) is 14.1 Å². The first kappa shape index (κ1) is 27.5. The van der Waals surface area contributed by atoms with Gasteiger partial charge in [-0.15, -0.1) is 0 Å². The lowest BCUT2D eigenvalue weighted by molar-refractivity contribution is -0.105. The van der Waals surface area contributed by atoms with E-state index in [0.29, 0.717) is 65.2 Å². The van der Waals surface area contributed by atoms with Gasteiger partial charge in [-0.05, 0) is 59.7 Å². The molecule has 2 atom stereocenters. The number of halogens is 1. The quantitative estimate of drug-likeness (QED) is 0.224. The maximum Gasteiger partial charge on any atom is 0.211 e. The van der Waals surface area contributed by atoms with Crippen LogP contribution in [0.2, 0.25) is 5.02 Å². The van der Waals surface area contributed by atoms with E-state index in [9.17, 15) is 9.00 Å². The van der Waals surface area contributed by atoms with E-state index in [0.717, 1.165) is 34.3 Å². The van der Waals surface area contributed by atoms with Gasteiger partial charge in [-0.1, -0.05) is 31.5 Å². The number of fused-ring (bicyclic) bond motifs is 1. The van der Waals surface area contributed by atoms with Gasteiger partial charge in [-0.25, -0.2) is 9.97 Å². The molecule has 0 radical (unpaired) electrons. The molecule has 0 bridgehead atoms. The Labute approximate surface area is 245 Å². The number of amides is 1. The van der Waals surface area contributed by atoms with Crippen molar-refractivity contribution in [2.45, 2.75) is 38.0 Å². The predicted octanol–water partition coefficient (Wildman–Crippen LogP) is 5.29. The summed E-state index contributed by atoms with van der Waals surface area (Å²) in [4.78, 5) is 22.7. The molecular formula is C29H32ClN7O3S. The Morgan fingerprint density at radius 3 is 2.66 bits per heavy atom. The molecule has 1 amide bonds. The van der Waals surface area contributed by atoms with Crippen molar-refractivity contribution < 1.29 is 13.7 Å². The molecule has 6 rings (SSSR count). The van der Waals surface area contributed by atoms with Crippen LogP contribution in [-0.2, 0) is 15.6 Å². The SMILES string of the molecule is COc1ccc(NC=O)c(C2CC2c2ccc3c(Nc4nc(C(C)C)nc(N5CCS(=O)CC5)c4Cl)n[nH]c3c2)c1. The van der Waals surface area contributed by atoms with Gasteiger partial charge in [0.05, 0.1) is 12.6 Å². The zero-order valence-electron chi connectivity index (χ0n) is 23.1. The normalized spacial score (nSPS) is 19.0. The van der Waals surface area contributed by atoms with Crippen molar-refractivity contribution in [1.29, 1.82) is 0 Å². The number of methoxy groups -OCH3 is 1. The average molecular weight is 594 g/mol. The van der Waals surface area contributed by atoms with Crippen LogP contribution in [0, 0.1) is 0 Å². The molecule has 2 unspecified atom stereocenters. The Morgan fingerprint density at radius 1 is 1.12 bits per heavy atom. The Morgan fingerprint density at radius 2 is 1.93 bits per heavy atom. The van der Waals surface area contributed by atoms with Crippen LogP contribution in [-0.4, -0.2) is 62.5 Å². The molecule has 2 fully saturated rings. The first-order valence-electron chi connectivity index (χ1n) is 13.7. The number of hydrogen-bond acceptors (Lipinski definition) is 8. The molecule has 2 aromatic heterocycles. The molecule has 0 spiro atoms. The van der Waals surface area contributed by atoms with Crippen LogP contribution in [0.25, 0.3) is 10.9 Å². The number of nitrogens with zero attached hydrogens (tertiary/aromatic N) is 4. The van der Waals surface area contributed by atoms with Gasteiger partial charge in [0, 0.05) is 52.4 Å². The summed E-state index contributed by atoms with van der Waals surface area (Å²) in [5.41, 5.74) is 3.98. The summed E-state index contributed by atoms with van der Waals surface area (Å²) >= 11 is 6.85. The van der Waals surface area contributed by atoms with E-state index >= 15 is 0 Å². The Kier molecular flexibility index (Phi) is 7.56. The van der Waals surface area contributed by atoms with Crippen molar-refractivity contribution in [3.63, 3.8) is 0 Å². The number of ether oxygens (including phenoxy) is 1. The maximum atomic E-state index is 11.9. The van der Waals surface area contributed by atoms with Gasteiger partial charge < -0.3 is 20.3 Å². The summed E-state index contributed by atoms with van der Waals surface area (Å²) in [6, 6.07) is 12.0. The van der Waals surface area contributed by atoms with Gasteiger partial charge in [0.25, 0.3) is 0 Å². The summed E-state index contributed by atoms with van der Waals surface area (Å²) in [6.45, 7) is 5.36. The number of aromatic amines is 1. The molecule has 3 heterocycles. The molecule has 2 aliphatic rings. The molecule has 12 heteroatoms. The van der Waals surface area contributed by atoms with Gasteiger partial charge in [0.15, 0.2) is 17.5 Å². The number of benzene rings is 2. The van der Waals surface area contributed by atoms with Crippen molar-refractivity contribution >= 4 is 62.9 Å². The number of nitrogens with one attached hydrogen (secondary N) is 3. The van der Waals surface area contributed by atoms with E-state index in [2.05, 4.69) is 43.9 Å². The minimum Gasteiger partial charge on any atom is -0.497 e. The molecular weight excluding hydrogens is 562 g/mol. The van der Waals surface area contributed by atoms with Crippen LogP contribution >= 0.6 is 11.6 Å². The zero-order valence-corrected chi connectivity index (χ0v) is 24.7. The van der Waals surface area contributed by atoms with Gasteiger partial charge in [-0.2, -0.15) is 5.10 Å². The average Bonchev–Trinajstić information content (AvgIpc) is 3.68. The van der Waals surface area contributed by atoms with Crippen LogP contribution < -0.4 is 20.3 Å². The second-order valence-corrected chi connectivity index (χ2v) is 12.8. The molecule has 214 valence electrons. The molecule has 4 aromatic rings. The highest BCUT2D eigenvalue weighted by Gasteiger charge is 2.41. The van der Waals surface area contributed by atoms with Crippen molar-refractivity contribution in [1.82, 2.24) is 20.2 Å². The molecule has 1 aliphatic heterocycles. The predicted molar refractivity (Wildman–Crippen MR) is 163 cm³/mol. The van der Waals surface area contributed by atoms with Crippen LogP contribution in [0.5, 0.6) is 5.75 Å². The van der Waals surface area contributed by atoms with Crippen molar-refractivity contribution in [3.8, 4) is 5.75 Å². The monoisotopic (exact) mass is 593 g/mol. The first-order chi connectivity index (χ1) is 19.9. The van der Waals surface area contributed by atoms with E-state index in [4.69, 9.17) is 26.3 Å². The largest absolute Gasteiger partial charge is 0.497 e. The summed E-state index contributed by atoms with van der Waals surface area (Å²) in [6.07, 6.45) is 1.69. The third kappa shape index (κ3) is 5.48. The Balaban J connectivity index is 1.26. The summed E-state index contributed by atoms with van der Waals surface area (Å²) in [5, 5.41) is 15.2. The first-order valence-corrected chi connectivity index (χ1v) is 15.5. The second-order valence-electron chi connectivity index (χ2n) is 10.7. The summed E-state index contributed by atoms with van der Waals surface area (Å²) in [7, 11) is 0.841. The van der Waals surface area contributed by atoms with E-state index in [1.165, 1.54) is 5.56 Å². The topological polar surface area (TPSA) is 125 Å². The van der Waals surface area contributed by atoms with E-state index in [1.807, 2.05) is 32.0 Å². The highest BCUT2D eigenvalue weighted by Crippen LogP contribution is 2.57.